The normalized spacial score (nSPS) is 8.67. The van der Waals surface area contributed by atoms with Crippen LogP contribution in [-0.4, -0.2) is 4.57 Å². The van der Waals surface area contributed by atoms with Gasteiger partial charge in [0.1, 0.15) is 12.6 Å². The van der Waals surface area contributed by atoms with Crippen molar-refractivity contribution in [2.75, 3.05) is 0 Å². The highest BCUT2D eigenvalue weighted by atomic mass is 15.0. The van der Waals surface area contributed by atoms with Crippen molar-refractivity contribution >= 4 is 11.0 Å². The Labute approximate surface area is 93.2 Å². The average Bonchev–Trinajstić information content (AvgIpc) is 2.68. The Morgan fingerprint density at radius 3 is 2.20 bits per heavy atom. The first-order valence-corrected chi connectivity index (χ1v) is 5.69. The van der Waals surface area contributed by atoms with E-state index in [1.165, 1.54) is 11.0 Å². The summed E-state index contributed by atoms with van der Waals surface area (Å²) >= 11 is 0. The molecular formula is C13H23N2+. The molecule has 2 rings (SSSR count). The van der Waals surface area contributed by atoms with E-state index < -0.39 is 0 Å². The lowest BCUT2D eigenvalue weighted by atomic mass is 10.4. The molecule has 0 aromatic carbocycles. The summed E-state index contributed by atoms with van der Waals surface area (Å²) < 4.78 is 4.24. The van der Waals surface area contributed by atoms with Gasteiger partial charge in [-0.2, -0.15) is 4.57 Å². The van der Waals surface area contributed by atoms with Gasteiger partial charge in [0, 0.05) is 25.4 Å². The van der Waals surface area contributed by atoms with Crippen LogP contribution in [0.25, 0.3) is 11.0 Å². The first kappa shape index (κ1) is 13.7. The van der Waals surface area contributed by atoms with Gasteiger partial charge in [-0.15, -0.1) is 0 Å². The Hall–Kier alpha value is -1.31. The maximum absolute atomic E-state index is 2.12. The van der Waals surface area contributed by atoms with Crippen LogP contribution in [0.15, 0.2) is 30.6 Å². The van der Waals surface area contributed by atoms with E-state index in [1.807, 2.05) is 27.7 Å². The van der Waals surface area contributed by atoms with Crippen LogP contribution >= 0.6 is 0 Å². The SMILES string of the molecule is CC.CC.Cn1ccc2c1ccc[n+]2C. The third-order valence-corrected chi connectivity index (χ3v) is 2.04. The predicted molar refractivity (Wildman–Crippen MR) is 66.8 cm³/mol. The fourth-order valence-corrected chi connectivity index (χ4v) is 1.37. The van der Waals surface area contributed by atoms with Gasteiger partial charge in [-0.05, 0) is 6.07 Å². The first-order chi connectivity index (χ1) is 7.29. The lowest BCUT2D eigenvalue weighted by molar-refractivity contribution is -0.644. The molecule has 15 heavy (non-hydrogen) atoms. The molecule has 0 saturated heterocycles. The lowest BCUT2D eigenvalue weighted by Crippen LogP contribution is -2.27. The summed E-state index contributed by atoms with van der Waals surface area (Å²) in [5.74, 6) is 0. The molecule has 0 amide bonds. The Kier molecular flexibility index (Phi) is 6.43. The summed E-state index contributed by atoms with van der Waals surface area (Å²) in [6, 6.07) is 6.30. The molecule has 2 nitrogen and oxygen atoms in total. The highest BCUT2D eigenvalue weighted by Gasteiger charge is 2.04. The molecule has 0 atom stereocenters. The van der Waals surface area contributed by atoms with Crippen molar-refractivity contribution in [3.8, 4) is 0 Å². The number of fused-ring (bicyclic) bond motifs is 1. The molecule has 0 spiro atoms. The molecule has 0 N–H and O–H groups in total. The van der Waals surface area contributed by atoms with Crippen LogP contribution in [0.5, 0.6) is 0 Å². The van der Waals surface area contributed by atoms with E-state index in [2.05, 4.69) is 53.8 Å². The zero-order chi connectivity index (χ0) is 11.8. The quantitative estimate of drug-likeness (QED) is 0.587. The van der Waals surface area contributed by atoms with Crippen LogP contribution in [0.2, 0.25) is 0 Å². The zero-order valence-electron chi connectivity index (χ0n) is 10.8. The van der Waals surface area contributed by atoms with Crippen molar-refractivity contribution in [3.63, 3.8) is 0 Å². The van der Waals surface area contributed by atoms with Gasteiger partial charge in [0.25, 0.3) is 0 Å². The number of hydrogen-bond acceptors (Lipinski definition) is 0. The molecule has 0 unspecified atom stereocenters. The summed E-state index contributed by atoms with van der Waals surface area (Å²) in [5, 5.41) is 0. The largest absolute Gasteiger partial charge is 0.345 e. The fraction of sp³-hybridized carbons (Fsp3) is 0.462. The van der Waals surface area contributed by atoms with E-state index in [1.54, 1.807) is 0 Å². The Morgan fingerprint density at radius 1 is 1.07 bits per heavy atom. The molecule has 0 radical (unpaired) electrons. The molecule has 2 heteroatoms. The maximum Gasteiger partial charge on any atom is 0.230 e. The van der Waals surface area contributed by atoms with E-state index in [0.717, 1.165) is 0 Å². The van der Waals surface area contributed by atoms with Crippen molar-refractivity contribution in [1.82, 2.24) is 4.57 Å². The Balaban J connectivity index is 0.000000442. The van der Waals surface area contributed by atoms with Crippen LogP contribution in [0, 0.1) is 0 Å². The summed E-state index contributed by atoms with van der Waals surface area (Å²) in [6.07, 6.45) is 4.13. The molecule has 84 valence electrons. The average molecular weight is 207 g/mol. The number of pyridine rings is 1. The molecule has 0 bridgehead atoms. The van der Waals surface area contributed by atoms with Crippen LogP contribution in [-0.2, 0) is 14.1 Å². The molecule has 2 heterocycles. The first-order valence-electron chi connectivity index (χ1n) is 5.69. The van der Waals surface area contributed by atoms with E-state index in [0.29, 0.717) is 0 Å². The van der Waals surface area contributed by atoms with E-state index in [-0.39, 0.29) is 0 Å². The number of nitrogens with zero attached hydrogens (tertiary/aromatic N) is 2. The molecule has 2 aromatic rings. The zero-order valence-corrected chi connectivity index (χ0v) is 10.8. The van der Waals surface area contributed by atoms with Crippen molar-refractivity contribution in [3.05, 3.63) is 30.6 Å². The monoisotopic (exact) mass is 207 g/mol. The lowest BCUT2D eigenvalue weighted by Gasteiger charge is -1.92. The Bertz CT molecular complexity index is 388. The number of aromatic nitrogens is 2. The molecular weight excluding hydrogens is 184 g/mol. The smallest absolute Gasteiger partial charge is 0.230 e. The van der Waals surface area contributed by atoms with Gasteiger partial charge in [-0.1, -0.05) is 27.7 Å². The molecule has 0 aliphatic carbocycles. The highest BCUT2D eigenvalue weighted by molar-refractivity contribution is 5.71. The predicted octanol–water partition coefficient (Wildman–Crippen LogP) is 3.06. The molecule has 0 saturated carbocycles. The van der Waals surface area contributed by atoms with Gasteiger partial charge in [0.05, 0.1) is 0 Å². The molecule has 2 aromatic heterocycles. The number of aryl methyl sites for hydroxylation is 2. The number of rotatable bonds is 0. The summed E-state index contributed by atoms with van der Waals surface area (Å²) in [7, 11) is 4.12. The van der Waals surface area contributed by atoms with Crippen molar-refractivity contribution in [2.24, 2.45) is 14.1 Å². The summed E-state index contributed by atoms with van der Waals surface area (Å²) in [6.45, 7) is 8.00. The molecule has 0 fully saturated rings. The van der Waals surface area contributed by atoms with Crippen LogP contribution in [0.1, 0.15) is 27.7 Å². The van der Waals surface area contributed by atoms with Gasteiger partial charge in [-0.25, -0.2) is 0 Å². The second kappa shape index (κ2) is 7.04. The van der Waals surface area contributed by atoms with E-state index in [9.17, 15) is 0 Å². The van der Waals surface area contributed by atoms with Gasteiger partial charge < -0.3 is 4.57 Å². The van der Waals surface area contributed by atoms with Gasteiger partial charge in [0.15, 0.2) is 6.20 Å². The van der Waals surface area contributed by atoms with Gasteiger partial charge >= 0.3 is 0 Å². The highest BCUT2D eigenvalue weighted by Crippen LogP contribution is 2.07. The molecule has 0 aliphatic rings. The fourth-order valence-electron chi connectivity index (χ4n) is 1.37. The minimum Gasteiger partial charge on any atom is -0.345 e. The topological polar surface area (TPSA) is 8.81 Å². The maximum atomic E-state index is 2.12. The van der Waals surface area contributed by atoms with E-state index >= 15 is 0 Å². The Morgan fingerprint density at radius 2 is 1.67 bits per heavy atom. The van der Waals surface area contributed by atoms with Crippen LogP contribution in [0.4, 0.5) is 0 Å². The van der Waals surface area contributed by atoms with Crippen LogP contribution in [0.3, 0.4) is 0 Å². The second-order valence-electron chi connectivity index (χ2n) is 2.82. The van der Waals surface area contributed by atoms with Crippen molar-refractivity contribution in [1.29, 1.82) is 0 Å². The van der Waals surface area contributed by atoms with Crippen molar-refractivity contribution < 1.29 is 4.57 Å². The second-order valence-corrected chi connectivity index (χ2v) is 2.82. The summed E-state index contributed by atoms with van der Waals surface area (Å²) in [4.78, 5) is 0. The van der Waals surface area contributed by atoms with Gasteiger partial charge in [-0.3, -0.25) is 0 Å². The van der Waals surface area contributed by atoms with Gasteiger partial charge in [0.2, 0.25) is 5.52 Å². The number of hydrogen-bond donors (Lipinski definition) is 0. The van der Waals surface area contributed by atoms with Crippen LogP contribution < -0.4 is 4.57 Å². The molecule has 0 aliphatic heterocycles. The third-order valence-electron chi connectivity index (χ3n) is 2.04. The minimum atomic E-state index is 1.27. The summed E-state index contributed by atoms with van der Waals surface area (Å²) in [5.41, 5.74) is 2.55. The standard InChI is InChI=1S/C9H11N2.2C2H6/c1-10-6-3-4-8-9(10)5-7-11(8)2;2*1-2/h3-7H,1-2H3;2*1-2H3/q+1;;. The van der Waals surface area contributed by atoms with Crippen molar-refractivity contribution in [2.45, 2.75) is 27.7 Å². The third kappa shape index (κ3) is 3.08. The minimum absolute atomic E-state index is 1.27. The van der Waals surface area contributed by atoms with E-state index in [4.69, 9.17) is 0 Å².